The summed E-state index contributed by atoms with van der Waals surface area (Å²) in [6.45, 7) is 8.25. The van der Waals surface area contributed by atoms with E-state index in [0.29, 0.717) is 17.3 Å². The number of hydrogen-bond donors (Lipinski definition) is 1. The Morgan fingerprint density at radius 3 is 2.72 bits per heavy atom. The zero-order valence-corrected chi connectivity index (χ0v) is 12.9. The Labute approximate surface area is 112 Å². The summed E-state index contributed by atoms with van der Waals surface area (Å²) in [5.41, 5.74) is 5.82. The fourth-order valence-electron chi connectivity index (χ4n) is 1.13. The minimum atomic E-state index is -1.03. The van der Waals surface area contributed by atoms with E-state index < -0.39 is 14.0 Å². The lowest BCUT2D eigenvalue weighted by molar-refractivity contribution is -0.0581. The molecular weight excluding hydrogens is 268 g/mol. The van der Waals surface area contributed by atoms with Gasteiger partial charge in [0.05, 0.1) is 12.3 Å². The number of ether oxygens (including phenoxy) is 2. The van der Waals surface area contributed by atoms with Crippen LogP contribution in [0.4, 0.5) is 0 Å². The molecule has 0 spiro atoms. The first-order chi connectivity index (χ1) is 8.38. The minimum absolute atomic E-state index is 0.258. The van der Waals surface area contributed by atoms with Crippen molar-refractivity contribution in [3.05, 3.63) is 16.1 Å². The predicted octanol–water partition coefficient (Wildman–Crippen LogP) is 2.07. The second-order valence-corrected chi connectivity index (χ2v) is 11.7. The molecule has 0 saturated carbocycles. The molecule has 0 bridgehead atoms. The number of hydrogen-bond acceptors (Lipinski definition) is 5. The van der Waals surface area contributed by atoms with E-state index in [0.717, 1.165) is 12.7 Å². The van der Waals surface area contributed by atoms with Crippen molar-refractivity contribution < 1.29 is 14.3 Å². The van der Waals surface area contributed by atoms with Crippen LogP contribution in [-0.4, -0.2) is 32.4 Å². The molecule has 5 nitrogen and oxygen atoms in total. The van der Waals surface area contributed by atoms with Gasteiger partial charge in [0.25, 0.3) is 5.91 Å². The first kappa shape index (κ1) is 15.3. The van der Waals surface area contributed by atoms with Crippen molar-refractivity contribution in [1.82, 2.24) is 4.98 Å². The normalized spacial score (nSPS) is 11.7. The molecule has 1 aromatic heterocycles. The molecule has 0 atom stereocenters. The van der Waals surface area contributed by atoms with Crippen molar-refractivity contribution in [2.45, 2.75) is 32.3 Å². The summed E-state index contributed by atoms with van der Waals surface area (Å²) in [5, 5.41) is 2.08. The Hall–Kier alpha value is -0.763. The first-order valence-electron chi connectivity index (χ1n) is 5.78. The van der Waals surface area contributed by atoms with E-state index in [1.54, 1.807) is 5.38 Å². The molecule has 2 N–H and O–H groups in total. The van der Waals surface area contributed by atoms with Crippen LogP contribution in [0.2, 0.25) is 25.7 Å². The average molecular weight is 288 g/mol. The van der Waals surface area contributed by atoms with Gasteiger partial charge in [-0.25, -0.2) is 4.98 Å². The quantitative estimate of drug-likeness (QED) is 0.451. The molecule has 0 aromatic carbocycles. The zero-order chi connectivity index (χ0) is 13.6. The molecule has 0 unspecified atom stereocenters. The van der Waals surface area contributed by atoms with E-state index in [9.17, 15) is 4.79 Å². The van der Waals surface area contributed by atoms with Gasteiger partial charge in [-0.2, -0.15) is 0 Å². The summed E-state index contributed by atoms with van der Waals surface area (Å²) < 4.78 is 10.7. The Balaban J connectivity index is 2.12. The van der Waals surface area contributed by atoms with Crippen LogP contribution < -0.4 is 5.73 Å². The number of carbonyl (C=O) groups excluding carboxylic acids is 1. The van der Waals surface area contributed by atoms with Gasteiger partial charge in [0.15, 0.2) is 5.01 Å². The number of rotatable bonds is 8. The van der Waals surface area contributed by atoms with E-state index in [4.69, 9.17) is 15.2 Å². The Bertz CT molecular complexity index is 390. The smallest absolute Gasteiger partial charge is 0.277 e. The number of primary amides is 1. The molecule has 1 aromatic rings. The first-order valence-corrected chi connectivity index (χ1v) is 10.4. The van der Waals surface area contributed by atoms with Gasteiger partial charge in [-0.3, -0.25) is 4.79 Å². The third kappa shape index (κ3) is 6.25. The van der Waals surface area contributed by atoms with Gasteiger partial charge in [-0.1, -0.05) is 19.6 Å². The third-order valence-electron chi connectivity index (χ3n) is 2.18. The zero-order valence-electron chi connectivity index (χ0n) is 11.1. The summed E-state index contributed by atoms with van der Waals surface area (Å²) in [4.78, 5) is 14.9. The van der Waals surface area contributed by atoms with Crippen molar-refractivity contribution in [1.29, 1.82) is 0 Å². The second-order valence-electron chi connectivity index (χ2n) is 5.19. The van der Waals surface area contributed by atoms with Crippen LogP contribution in [0, 0.1) is 0 Å². The van der Waals surface area contributed by atoms with Crippen molar-refractivity contribution >= 4 is 25.3 Å². The molecular formula is C11H20N2O3SSi. The van der Waals surface area contributed by atoms with Gasteiger partial charge in [-0.05, 0) is 6.04 Å². The topological polar surface area (TPSA) is 74.4 Å². The van der Waals surface area contributed by atoms with E-state index in [1.807, 2.05) is 0 Å². The second kappa shape index (κ2) is 6.98. The maximum Gasteiger partial charge on any atom is 0.277 e. The molecule has 0 fully saturated rings. The Kier molecular flexibility index (Phi) is 5.93. The fourth-order valence-corrected chi connectivity index (χ4v) is 2.54. The Morgan fingerprint density at radius 1 is 1.44 bits per heavy atom. The summed E-state index contributed by atoms with van der Waals surface area (Å²) >= 11 is 1.23. The lowest BCUT2D eigenvalue weighted by atomic mass is 10.5. The molecule has 1 amide bonds. The average Bonchev–Trinajstić information content (AvgIpc) is 2.70. The number of nitrogens with zero attached hydrogens (tertiary/aromatic N) is 1. The van der Waals surface area contributed by atoms with Gasteiger partial charge < -0.3 is 15.2 Å². The maximum atomic E-state index is 10.8. The van der Waals surface area contributed by atoms with Crippen LogP contribution in [0.25, 0.3) is 0 Å². The fraction of sp³-hybridized carbons (Fsp3) is 0.636. The highest BCUT2D eigenvalue weighted by molar-refractivity contribution is 7.11. The molecule has 102 valence electrons. The third-order valence-corrected chi connectivity index (χ3v) is 4.79. The van der Waals surface area contributed by atoms with E-state index >= 15 is 0 Å². The maximum absolute atomic E-state index is 10.8. The minimum Gasteiger partial charge on any atom is -0.364 e. The van der Waals surface area contributed by atoms with Gasteiger partial charge >= 0.3 is 0 Å². The Morgan fingerprint density at radius 2 is 2.17 bits per heavy atom. The molecule has 0 saturated heterocycles. The van der Waals surface area contributed by atoms with Crippen molar-refractivity contribution in [3.63, 3.8) is 0 Å². The van der Waals surface area contributed by atoms with Crippen LogP contribution >= 0.6 is 11.3 Å². The van der Waals surface area contributed by atoms with Crippen molar-refractivity contribution in [2.75, 3.05) is 13.4 Å². The number of aromatic nitrogens is 1. The summed E-state index contributed by atoms with van der Waals surface area (Å²) in [7, 11) is -1.03. The lowest BCUT2D eigenvalue weighted by Crippen LogP contribution is -2.22. The molecule has 7 heteroatoms. The van der Waals surface area contributed by atoms with E-state index in [2.05, 4.69) is 24.6 Å². The van der Waals surface area contributed by atoms with Crippen molar-refractivity contribution in [3.8, 4) is 0 Å². The molecule has 1 heterocycles. The highest BCUT2D eigenvalue weighted by Crippen LogP contribution is 2.10. The number of carbonyl (C=O) groups is 1. The SMILES string of the molecule is C[Si](C)(C)CCOCOCc1csc(C(N)=O)n1. The van der Waals surface area contributed by atoms with Crippen molar-refractivity contribution in [2.24, 2.45) is 5.73 Å². The van der Waals surface area contributed by atoms with Gasteiger partial charge in [0.1, 0.15) is 6.79 Å². The summed E-state index contributed by atoms with van der Waals surface area (Å²) in [6, 6.07) is 1.12. The number of amides is 1. The molecule has 1 rings (SSSR count). The number of thiazole rings is 1. The van der Waals surface area contributed by atoms with E-state index in [1.165, 1.54) is 11.3 Å². The molecule has 0 aliphatic rings. The van der Waals surface area contributed by atoms with Crippen LogP contribution in [0.1, 0.15) is 15.5 Å². The van der Waals surface area contributed by atoms with Crippen LogP contribution in [0.15, 0.2) is 5.38 Å². The largest absolute Gasteiger partial charge is 0.364 e. The van der Waals surface area contributed by atoms with Crippen LogP contribution in [0.5, 0.6) is 0 Å². The summed E-state index contributed by atoms with van der Waals surface area (Å²) in [5.74, 6) is -0.502. The van der Waals surface area contributed by atoms with Gasteiger partial charge in [0.2, 0.25) is 0 Å². The lowest BCUT2D eigenvalue weighted by Gasteiger charge is -2.15. The number of nitrogens with two attached hydrogens (primary N) is 1. The van der Waals surface area contributed by atoms with Gasteiger partial charge in [-0.15, -0.1) is 11.3 Å². The van der Waals surface area contributed by atoms with E-state index in [-0.39, 0.29) is 6.79 Å². The molecule has 0 aliphatic carbocycles. The standard InChI is InChI=1S/C11H20N2O3SSi/c1-18(2,3)5-4-15-8-16-6-9-7-17-11(13-9)10(12)14/h7H,4-6,8H2,1-3H3,(H2,12,14). The van der Waals surface area contributed by atoms with Crippen LogP contribution in [-0.2, 0) is 16.1 Å². The summed E-state index contributed by atoms with van der Waals surface area (Å²) in [6.07, 6.45) is 0. The predicted molar refractivity (Wildman–Crippen MR) is 74.4 cm³/mol. The molecule has 0 aliphatic heterocycles. The molecule has 0 radical (unpaired) electrons. The van der Waals surface area contributed by atoms with Crippen LogP contribution in [0.3, 0.4) is 0 Å². The highest BCUT2D eigenvalue weighted by Gasteiger charge is 2.12. The monoisotopic (exact) mass is 288 g/mol. The molecule has 18 heavy (non-hydrogen) atoms. The van der Waals surface area contributed by atoms with Gasteiger partial charge in [0, 0.05) is 20.1 Å². The highest BCUT2D eigenvalue weighted by atomic mass is 32.1.